The van der Waals surface area contributed by atoms with Gasteiger partial charge in [0, 0.05) is 38.5 Å². The van der Waals surface area contributed by atoms with E-state index in [1.165, 1.54) is 398 Å². The van der Waals surface area contributed by atoms with E-state index in [9.17, 15) is 33.9 Å². The van der Waals surface area contributed by atoms with E-state index in [1.54, 1.807) is 0 Å². The lowest BCUT2D eigenvalue weighted by Crippen LogP contribution is -2.30. The number of aliphatic hydroxyl groups is 6. The van der Waals surface area contributed by atoms with Crippen molar-refractivity contribution in [3.05, 3.63) is 0 Å². The van der Waals surface area contributed by atoms with Gasteiger partial charge in [0.1, 0.15) is 32.0 Å². The molecule has 0 aromatic carbocycles. The Hall–Kier alpha value is -3.42. The molecule has 0 spiro atoms. The van der Waals surface area contributed by atoms with E-state index < -0.39 is 24.4 Å². The molecule has 6 N–H and O–H groups in total. The molecule has 0 aliphatic carbocycles. The first-order chi connectivity index (χ1) is 61.7. The van der Waals surface area contributed by atoms with Gasteiger partial charge in [-0.3, -0.25) is 28.8 Å². The van der Waals surface area contributed by atoms with Crippen molar-refractivity contribution in [2.24, 2.45) is 0 Å². The van der Waals surface area contributed by atoms with Gasteiger partial charge in [-0.1, -0.05) is 511 Å². The number of hydrogen-bond donors (Lipinski definition) is 6. The van der Waals surface area contributed by atoms with Crippen LogP contribution in [-0.2, 0) is 57.2 Å². The van der Waals surface area contributed by atoms with Crippen molar-refractivity contribution >= 4 is 35.8 Å². The summed E-state index contributed by atoms with van der Waals surface area (Å²) in [5.41, 5.74) is 0. The van der Waals surface area contributed by atoms with E-state index in [4.69, 9.17) is 54.0 Å². The highest BCUT2D eigenvalue weighted by molar-refractivity contribution is 5.72. The van der Waals surface area contributed by atoms with Gasteiger partial charge in [-0.2, -0.15) is 0 Å². The molecule has 127 heavy (non-hydrogen) atoms. The van der Waals surface area contributed by atoms with E-state index in [1.807, 2.05) is 0 Å². The summed E-state index contributed by atoms with van der Waals surface area (Å²) in [5, 5.41) is 51.2. The molecule has 0 rings (SSSR count). The second kappa shape index (κ2) is 117. The third kappa shape index (κ3) is 117. The molecule has 0 radical (unpaired) electrons. The summed E-state index contributed by atoms with van der Waals surface area (Å²) in [4.78, 5) is 73.4. The number of hydrogen-bond acceptors (Lipinski definition) is 18. The molecule has 0 heterocycles. The summed E-state index contributed by atoms with van der Waals surface area (Å²) < 4.78 is 32.3. The van der Waals surface area contributed by atoms with E-state index in [0.717, 1.165) is 103 Å². The number of esters is 6. The molecule has 0 fully saturated rings. The molecule has 0 amide bonds. The molecule has 0 bridgehead atoms. The van der Waals surface area contributed by atoms with Crippen molar-refractivity contribution in [1.82, 2.24) is 0 Å². The predicted molar refractivity (Wildman–Crippen MR) is 533 cm³/mol. The van der Waals surface area contributed by atoms with E-state index in [0.29, 0.717) is 38.5 Å². The van der Waals surface area contributed by atoms with Gasteiger partial charge < -0.3 is 59.1 Å². The van der Waals surface area contributed by atoms with Crippen LogP contribution in [0.2, 0.25) is 0 Å². The van der Waals surface area contributed by atoms with Gasteiger partial charge in [-0.05, 0) is 38.5 Å². The number of ether oxygens (including phenoxy) is 6. The first-order valence-electron chi connectivity index (χ1n) is 54.5. The molecule has 1 atom stereocenters. The maximum Gasteiger partial charge on any atom is 0.306 e. The highest BCUT2D eigenvalue weighted by Gasteiger charge is 2.21. The lowest BCUT2D eigenvalue weighted by Gasteiger charge is -2.18. The Labute approximate surface area is 785 Å². The minimum absolute atomic E-state index is 0. The number of rotatable bonds is 98. The van der Waals surface area contributed by atoms with Crippen molar-refractivity contribution in [2.75, 3.05) is 52.9 Å². The Balaban J connectivity index is -0.000000610. The largest absolute Gasteiger partial charge is 0.462 e. The summed E-state index contributed by atoms with van der Waals surface area (Å²) in [7, 11) is 0. The zero-order valence-electron chi connectivity index (χ0n) is 83.9. The van der Waals surface area contributed by atoms with Crippen LogP contribution in [-0.4, -0.2) is 144 Å². The van der Waals surface area contributed by atoms with Gasteiger partial charge in [0.15, 0.2) is 12.2 Å². The van der Waals surface area contributed by atoms with Crippen molar-refractivity contribution in [2.45, 2.75) is 613 Å². The van der Waals surface area contributed by atoms with Gasteiger partial charge in [0.05, 0.1) is 33.0 Å². The predicted octanol–water partition coefficient (Wildman–Crippen LogP) is 30.2. The second-order valence-electron chi connectivity index (χ2n) is 36.9. The van der Waals surface area contributed by atoms with Crippen molar-refractivity contribution in [3.63, 3.8) is 0 Å². The first kappa shape index (κ1) is 132. The summed E-state index contributed by atoms with van der Waals surface area (Å²) >= 11 is 0. The van der Waals surface area contributed by atoms with Gasteiger partial charge in [0.25, 0.3) is 0 Å². The molecule has 0 aromatic rings. The van der Waals surface area contributed by atoms with Gasteiger partial charge >= 0.3 is 35.8 Å². The Morgan fingerprint density at radius 3 is 0.441 bits per heavy atom. The Kier molecular flexibility index (Phi) is 121. The third-order valence-electron chi connectivity index (χ3n) is 24.1. The van der Waals surface area contributed by atoms with E-state index in [-0.39, 0.29) is 96.1 Å². The number of carbonyl (C=O) groups is 6. The Morgan fingerprint density at radius 1 is 0.173 bits per heavy atom. The molecule has 0 saturated carbocycles. The maximum atomic E-state index is 12.8. The van der Waals surface area contributed by atoms with Crippen LogP contribution in [0.1, 0.15) is 588 Å². The van der Waals surface area contributed by atoms with Crippen LogP contribution in [0.15, 0.2) is 0 Å². The van der Waals surface area contributed by atoms with Crippen LogP contribution in [0, 0.1) is 0 Å². The lowest BCUT2D eigenvalue weighted by atomic mass is 10.0. The molecule has 0 aliphatic rings. The zero-order valence-corrected chi connectivity index (χ0v) is 83.9. The van der Waals surface area contributed by atoms with Crippen LogP contribution in [0.3, 0.4) is 0 Å². The standard InChI is InChI=1S/C51H98O6.C35H68O5.C19H38O4.C3H8O3.CH4/c1-4-7-10-13-16-19-22-25-28-31-34-37-40-43-49(52)55-46-48(57-51(54)45-42-39-36-33-30-27-24-21-18-15-12-9-6-3)47-56-50(53)44-41-38-35-32-29-26-23-20-17-14-11-8-5-2;1-3-5-7-9-11-13-15-17-19-21-23-25-27-29-34(37)39-32-33(31-36)40-35(38)30-28-26-24-22-20-18-16-14-12-10-8-6-4-2;1-2-3-4-5-6-7-8-9-10-11-12-13-14-15-19(22)23-18(16-20)17-21;4-1-3(6)2-5;/h48H,4-47H2,1-3H3;33,36H,3-32H2,1-2H3;18,20-21H,2-17H2,1H3;3-6H,1-2H2;1H4. The maximum absolute atomic E-state index is 12.8. The number of aliphatic hydroxyl groups excluding tert-OH is 6. The zero-order chi connectivity index (χ0) is 93.1. The number of carbonyl (C=O) groups excluding carboxylic acids is 6. The SMILES string of the molecule is C.CCCCCCCCCCCCCCCC(=O)OC(CO)CO.CCCCCCCCCCCCCCCC(=O)OCC(CO)OC(=O)CCCCCCCCCCCCCCC.CCCCCCCCCCCCCCCC(=O)OCC(COC(=O)CCCCCCCCCCCCCCC)OC(=O)CCCCCCCCCCCCCCC.OCC(O)CO. The van der Waals surface area contributed by atoms with Crippen LogP contribution >= 0.6 is 0 Å². The minimum Gasteiger partial charge on any atom is -0.462 e. The third-order valence-corrected chi connectivity index (χ3v) is 24.1. The smallest absolute Gasteiger partial charge is 0.306 e. The average molecular weight is 1810 g/mol. The monoisotopic (exact) mass is 1810 g/mol. The molecule has 18 nitrogen and oxygen atoms in total. The summed E-state index contributed by atoms with van der Waals surface area (Å²) in [6, 6.07) is 0. The summed E-state index contributed by atoms with van der Waals surface area (Å²) in [6.07, 6.45) is 97.5. The molecule has 0 saturated heterocycles. The molecular formula is C109H216O18. The Morgan fingerprint density at radius 2 is 0.299 bits per heavy atom. The lowest BCUT2D eigenvalue weighted by molar-refractivity contribution is -0.167. The van der Waals surface area contributed by atoms with Crippen LogP contribution in [0.4, 0.5) is 0 Å². The quantitative estimate of drug-likeness (QED) is 0.0187. The first-order valence-corrected chi connectivity index (χ1v) is 54.5. The highest BCUT2D eigenvalue weighted by atomic mass is 16.6. The highest BCUT2D eigenvalue weighted by Crippen LogP contribution is 2.22. The topological polar surface area (TPSA) is 279 Å². The molecule has 0 aromatic heterocycles. The molecule has 1 unspecified atom stereocenters. The van der Waals surface area contributed by atoms with Crippen molar-refractivity contribution in [1.29, 1.82) is 0 Å². The second-order valence-corrected chi connectivity index (χ2v) is 36.9. The van der Waals surface area contributed by atoms with Crippen LogP contribution in [0.5, 0.6) is 0 Å². The minimum atomic E-state index is -0.954. The molecule has 0 aliphatic heterocycles. The van der Waals surface area contributed by atoms with Crippen molar-refractivity contribution in [3.8, 4) is 0 Å². The van der Waals surface area contributed by atoms with E-state index >= 15 is 0 Å². The average Bonchev–Trinajstić information content (AvgIpc) is 0.936. The number of unbranched alkanes of at least 4 members (excludes halogenated alkanes) is 72. The van der Waals surface area contributed by atoms with Crippen LogP contribution in [0.25, 0.3) is 0 Å². The van der Waals surface area contributed by atoms with Crippen molar-refractivity contribution < 1.29 is 87.8 Å². The molecular weight excluding hydrogens is 1600 g/mol. The molecule has 18 heteroatoms. The van der Waals surface area contributed by atoms with E-state index in [2.05, 4.69) is 41.5 Å². The molecule has 760 valence electrons. The van der Waals surface area contributed by atoms with Gasteiger partial charge in [-0.25, -0.2) is 0 Å². The van der Waals surface area contributed by atoms with Gasteiger partial charge in [0.2, 0.25) is 0 Å². The summed E-state index contributed by atoms with van der Waals surface area (Å²) in [6.45, 7) is 11.7. The van der Waals surface area contributed by atoms with Gasteiger partial charge in [-0.15, -0.1) is 0 Å². The summed E-state index contributed by atoms with van der Waals surface area (Å²) in [5.74, 6) is -1.74. The Bertz CT molecular complexity index is 2100. The van der Waals surface area contributed by atoms with Crippen LogP contribution < -0.4 is 0 Å². The normalized spacial score (nSPS) is 11.4. The fourth-order valence-electron chi connectivity index (χ4n) is 15.7. The fourth-order valence-corrected chi connectivity index (χ4v) is 15.7. The fraction of sp³-hybridized carbons (Fsp3) is 0.945.